The molecule has 0 saturated heterocycles. The molecule has 0 bridgehead atoms. The maximum Gasteiger partial charge on any atom is 0.387 e. The van der Waals surface area contributed by atoms with Crippen LogP contribution in [0.15, 0.2) is 53.7 Å². The molecule has 1 heterocycles. The molecule has 1 amide bonds. The van der Waals surface area contributed by atoms with Crippen LogP contribution in [-0.2, 0) is 4.79 Å². The Bertz CT molecular complexity index is 685. The van der Waals surface area contributed by atoms with Crippen molar-refractivity contribution in [3.05, 3.63) is 53.9 Å². The molecule has 0 radical (unpaired) electrons. The number of aromatic nitrogens is 1. The summed E-state index contributed by atoms with van der Waals surface area (Å²) in [6, 6.07) is 10.8. The summed E-state index contributed by atoms with van der Waals surface area (Å²) in [5, 5.41) is 13.9. The van der Waals surface area contributed by atoms with Gasteiger partial charge in [0.2, 0.25) is 5.91 Å². The van der Waals surface area contributed by atoms with Gasteiger partial charge in [-0.3, -0.25) is 4.79 Å². The average Bonchev–Trinajstić information content (AvgIpc) is 2.51. The number of benzene rings is 1. The van der Waals surface area contributed by atoms with Gasteiger partial charge in [0, 0.05) is 12.1 Å². The Balaban J connectivity index is 2.05. The van der Waals surface area contributed by atoms with E-state index >= 15 is 0 Å². The van der Waals surface area contributed by atoms with Gasteiger partial charge < -0.3 is 15.3 Å². The fourth-order valence-corrected chi connectivity index (χ4v) is 2.59. The number of carbonyl (C=O) groups excluding carboxylic acids is 1. The summed E-state index contributed by atoms with van der Waals surface area (Å²) in [5.74, 6) is -0.546. The van der Waals surface area contributed by atoms with E-state index in [1.54, 1.807) is 31.2 Å². The molecule has 2 rings (SSSR count). The molecule has 122 valence electrons. The number of carbonyl (C=O) groups is 1. The second-order valence-corrected chi connectivity index (χ2v) is 5.85. The maximum atomic E-state index is 12.4. The highest BCUT2D eigenvalue weighted by Crippen LogP contribution is 2.27. The molecule has 1 aromatic heterocycles. The molecule has 1 N–H and O–H groups in total. The third kappa shape index (κ3) is 4.82. The molecule has 2 aromatic rings. The molecule has 23 heavy (non-hydrogen) atoms. The molecular weight excluding hydrogens is 326 g/mol. The molecule has 0 aliphatic rings. The number of pyridine rings is 1. The Kier molecular flexibility index (Phi) is 5.75. The predicted octanol–water partition coefficient (Wildman–Crippen LogP) is 3.04. The van der Waals surface area contributed by atoms with Gasteiger partial charge in [-0.2, -0.15) is 13.5 Å². The summed E-state index contributed by atoms with van der Waals surface area (Å²) in [6.45, 7) is -1.37. The quantitative estimate of drug-likeness (QED) is 0.499. The number of hydrogen-bond acceptors (Lipinski definition) is 4. The minimum absolute atomic E-state index is 0.119. The molecule has 1 unspecified atom stereocenters. The minimum atomic E-state index is -2.98. The molecule has 0 aliphatic heterocycles. The summed E-state index contributed by atoms with van der Waals surface area (Å²) < 4.78 is 29.7. The SMILES string of the molecule is CC(Sc1cccc[n+]1[O-])C(=O)Nc1ccccc1OC(F)F. The molecule has 0 spiro atoms. The zero-order chi connectivity index (χ0) is 16.8. The Hall–Kier alpha value is -2.35. The number of para-hydroxylation sites is 2. The van der Waals surface area contributed by atoms with Crippen molar-refractivity contribution < 1.29 is 23.0 Å². The molecule has 0 fully saturated rings. The van der Waals surface area contributed by atoms with Gasteiger partial charge in [-0.25, -0.2) is 0 Å². The van der Waals surface area contributed by atoms with Crippen molar-refractivity contribution in [1.29, 1.82) is 0 Å². The fourth-order valence-electron chi connectivity index (χ4n) is 1.74. The summed E-state index contributed by atoms with van der Waals surface area (Å²) >= 11 is 1.07. The lowest BCUT2D eigenvalue weighted by Gasteiger charge is -2.14. The lowest BCUT2D eigenvalue weighted by Crippen LogP contribution is -2.30. The van der Waals surface area contributed by atoms with Gasteiger partial charge in [-0.1, -0.05) is 12.1 Å². The van der Waals surface area contributed by atoms with Crippen LogP contribution in [0.1, 0.15) is 6.92 Å². The number of nitrogens with zero attached hydrogens (tertiary/aromatic N) is 1. The first-order valence-electron chi connectivity index (χ1n) is 6.67. The highest BCUT2D eigenvalue weighted by atomic mass is 32.2. The van der Waals surface area contributed by atoms with Crippen molar-refractivity contribution in [2.45, 2.75) is 23.8 Å². The van der Waals surface area contributed by atoms with E-state index in [0.717, 1.165) is 11.8 Å². The van der Waals surface area contributed by atoms with Crippen LogP contribution in [0.25, 0.3) is 0 Å². The third-order valence-electron chi connectivity index (χ3n) is 2.82. The number of anilines is 1. The zero-order valence-electron chi connectivity index (χ0n) is 12.1. The topological polar surface area (TPSA) is 65.3 Å². The molecule has 8 heteroatoms. The van der Waals surface area contributed by atoms with Crippen LogP contribution >= 0.6 is 11.8 Å². The summed E-state index contributed by atoms with van der Waals surface area (Å²) in [6.07, 6.45) is 1.33. The number of thioether (sulfide) groups is 1. The fraction of sp³-hybridized carbons (Fsp3) is 0.200. The van der Waals surface area contributed by atoms with Gasteiger partial charge in [-0.15, -0.1) is 0 Å². The van der Waals surface area contributed by atoms with Crippen LogP contribution in [0, 0.1) is 5.21 Å². The van der Waals surface area contributed by atoms with Crippen molar-refractivity contribution >= 4 is 23.4 Å². The van der Waals surface area contributed by atoms with Gasteiger partial charge in [0.15, 0.2) is 6.20 Å². The lowest BCUT2D eigenvalue weighted by atomic mass is 10.3. The first-order chi connectivity index (χ1) is 11.0. The molecule has 5 nitrogen and oxygen atoms in total. The summed E-state index contributed by atoms with van der Waals surface area (Å²) in [5.41, 5.74) is 0.147. The van der Waals surface area contributed by atoms with Crippen LogP contribution in [0.5, 0.6) is 5.75 Å². The zero-order valence-corrected chi connectivity index (χ0v) is 12.9. The molecule has 0 saturated carbocycles. The number of amides is 1. The number of hydrogen-bond donors (Lipinski definition) is 1. The number of rotatable bonds is 6. The second-order valence-electron chi connectivity index (χ2n) is 4.49. The first kappa shape index (κ1) is 17.0. The van der Waals surface area contributed by atoms with Crippen molar-refractivity contribution in [2.24, 2.45) is 0 Å². The van der Waals surface area contributed by atoms with E-state index in [1.165, 1.54) is 24.4 Å². The van der Waals surface area contributed by atoms with E-state index < -0.39 is 17.8 Å². The second kappa shape index (κ2) is 7.77. The smallest absolute Gasteiger partial charge is 0.387 e. The number of nitrogens with one attached hydrogen (secondary N) is 1. The van der Waals surface area contributed by atoms with Crippen molar-refractivity contribution in [3.8, 4) is 5.75 Å². The maximum absolute atomic E-state index is 12.4. The Morgan fingerprint density at radius 2 is 1.96 bits per heavy atom. The Morgan fingerprint density at radius 1 is 1.26 bits per heavy atom. The largest absolute Gasteiger partial charge is 0.618 e. The third-order valence-corrected chi connectivity index (χ3v) is 3.94. The van der Waals surface area contributed by atoms with Gasteiger partial charge in [-0.05, 0) is 36.9 Å². The standard InChI is InChI=1S/C15H14F2N2O3S/c1-10(23-13-8-4-5-9-19(13)21)14(20)18-11-6-2-3-7-12(11)22-15(16)17/h2-10,15H,1H3,(H,18,20). The van der Waals surface area contributed by atoms with E-state index in [-0.39, 0.29) is 11.4 Å². The van der Waals surface area contributed by atoms with Crippen molar-refractivity contribution in [2.75, 3.05) is 5.32 Å². The average molecular weight is 340 g/mol. The number of halogens is 2. The van der Waals surface area contributed by atoms with Crippen LogP contribution in [0.4, 0.5) is 14.5 Å². The highest BCUT2D eigenvalue weighted by molar-refractivity contribution is 8.00. The molecule has 1 atom stereocenters. The molecular formula is C15H14F2N2O3S. The summed E-state index contributed by atoms with van der Waals surface area (Å²) in [7, 11) is 0. The number of ether oxygens (including phenoxy) is 1. The van der Waals surface area contributed by atoms with E-state index in [4.69, 9.17) is 0 Å². The van der Waals surface area contributed by atoms with Crippen molar-refractivity contribution in [3.63, 3.8) is 0 Å². The van der Waals surface area contributed by atoms with Crippen LogP contribution < -0.4 is 14.8 Å². The van der Waals surface area contributed by atoms with Gasteiger partial charge >= 0.3 is 6.61 Å². The highest BCUT2D eigenvalue weighted by Gasteiger charge is 2.20. The Labute approximate surface area is 135 Å². The van der Waals surface area contributed by atoms with E-state index in [9.17, 15) is 18.8 Å². The lowest BCUT2D eigenvalue weighted by molar-refractivity contribution is -0.645. The molecule has 0 aliphatic carbocycles. The monoisotopic (exact) mass is 340 g/mol. The number of alkyl halides is 2. The molecule has 1 aromatic carbocycles. The van der Waals surface area contributed by atoms with E-state index in [1.807, 2.05) is 0 Å². The van der Waals surface area contributed by atoms with Crippen LogP contribution in [0.3, 0.4) is 0 Å². The van der Waals surface area contributed by atoms with E-state index in [0.29, 0.717) is 9.76 Å². The summed E-state index contributed by atoms with van der Waals surface area (Å²) in [4.78, 5) is 12.2. The minimum Gasteiger partial charge on any atom is -0.618 e. The predicted molar refractivity (Wildman–Crippen MR) is 82.4 cm³/mol. The van der Waals surface area contributed by atoms with Gasteiger partial charge in [0.1, 0.15) is 5.75 Å². The van der Waals surface area contributed by atoms with Crippen molar-refractivity contribution in [1.82, 2.24) is 0 Å². The van der Waals surface area contributed by atoms with E-state index in [2.05, 4.69) is 10.1 Å². The van der Waals surface area contributed by atoms with Crippen LogP contribution in [-0.4, -0.2) is 17.8 Å². The van der Waals surface area contributed by atoms with Gasteiger partial charge in [0.25, 0.3) is 5.03 Å². The van der Waals surface area contributed by atoms with Gasteiger partial charge in [0.05, 0.1) is 10.9 Å². The normalized spacial score (nSPS) is 12.0. The first-order valence-corrected chi connectivity index (χ1v) is 7.55. The Morgan fingerprint density at radius 3 is 2.65 bits per heavy atom. The van der Waals surface area contributed by atoms with Crippen LogP contribution in [0.2, 0.25) is 0 Å².